The molecule has 0 aromatic rings. The fourth-order valence-electron chi connectivity index (χ4n) is 2.64. The van der Waals surface area contributed by atoms with E-state index in [0.717, 1.165) is 0 Å². The van der Waals surface area contributed by atoms with Gasteiger partial charge in [0.1, 0.15) is 12.2 Å². The summed E-state index contributed by atoms with van der Waals surface area (Å²) in [4.78, 5) is 45.2. The Morgan fingerprint density at radius 3 is 1.68 bits per heavy atom. The summed E-state index contributed by atoms with van der Waals surface area (Å²) in [5.74, 6) is -2.80. The topological polar surface area (TPSA) is 105 Å². The van der Waals surface area contributed by atoms with Crippen molar-refractivity contribution in [2.75, 3.05) is 6.61 Å². The van der Waals surface area contributed by atoms with Crippen LogP contribution in [0.3, 0.4) is 0 Å². The van der Waals surface area contributed by atoms with Crippen LogP contribution in [0.1, 0.15) is 34.1 Å². The summed E-state index contributed by atoms with van der Waals surface area (Å²) in [6.45, 7) is 4.79. The number of ether oxygens (including phenoxy) is 4. The van der Waals surface area contributed by atoms with Crippen LogP contribution in [0.5, 0.6) is 0 Å². The average Bonchev–Trinajstić information content (AvgIpc) is 2.42. The smallest absolute Gasteiger partial charge is 0.786 e. The molecule has 0 radical (unpaired) electrons. The van der Waals surface area contributed by atoms with Crippen molar-refractivity contribution in [3.8, 4) is 0 Å². The molecule has 0 N–H and O–H groups in total. The number of esters is 4. The monoisotopic (exact) mass is 558 g/mol. The van der Waals surface area contributed by atoms with Crippen LogP contribution in [0.15, 0.2) is 0 Å². The Kier molecular flexibility index (Phi) is 10.4. The molecule has 10 heteroatoms. The van der Waals surface area contributed by atoms with Crippen molar-refractivity contribution in [3.05, 3.63) is 0 Å². The van der Waals surface area contributed by atoms with E-state index in [9.17, 15) is 19.2 Å². The van der Waals surface area contributed by atoms with Gasteiger partial charge in [-0.2, -0.15) is 0 Å². The molecule has 0 amide bonds. The average molecular weight is 558 g/mol. The van der Waals surface area contributed by atoms with Gasteiger partial charge in [0.25, 0.3) is 0 Å². The number of hydrogen-bond donors (Lipinski definition) is 0. The Morgan fingerprint density at radius 2 is 1.24 bits per heavy atom. The summed E-state index contributed by atoms with van der Waals surface area (Å²) in [5.41, 5.74) is 0. The van der Waals surface area contributed by atoms with E-state index >= 15 is 0 Å². The molecule has 0 aromatic heterocycles. The van der Waals surface area contributed by atoms with Crippen LogP contribution in [0.25, 0.3) is 0 Å². The van der Waals surface area contributed by atoms with Crippen LogP contribution in [0.2, 0.25) is 0 Å². The van der Waals surface area contributed by atoms with E-state index in [0.29, 0.717) is 0 Å². The zero-order valence-corrected chi connectivity index (χ0v) is 17.3. The molecule has 5 atom stereocenters. The fourth-order valence-corrected chi connectivity index (χ4v) is 3.09. The Bertz CT molecular complexity index is 512. The van der Waals surface area contributed by atoms with E-state index in [1.54, 1.807) is 0 Å². The molecule has 2 unspecified atom stereocenters. The second-order valence-corrected chi connectivity index (χ2v) is 6.16. The van der Waals surface area contributed by atoms with Crippen molar-refractivity contribution < 1.29 is 60.5 Å². The maximum absolute atomic E-state index is 11.4. The summed E-state index contributed by atoms with van der Waals surface area (Å²) in [5, 5.41) is -0.592. The van der Waals surface area contributed by atoms with E-state index in [-0.39, 0.29) is 35.4 Å². The van der Waals surface area contributed by atoms with Gasteiger partial charge < -0.3 is 31.6 Å². The first-order valence-electron chi connectivity index (χ1n) is 7.42. The molecule has 0 aromatic carbocycles. The van der Waals surface area contributed by atoms with Gasteiger partial charge in [0, 0.05) is 33.6 Å². The number of hydrogen-bond acceptors (Lipinski definition) is 9. The van der Waals surface area contributed by atoms with Gasteiger partial charge in [-0.3, -0.25) is 19.2 Å². The molecule has 0 heterocycles. The minimum Gasteiger partial charge on any atom is -0.786 e. The molecule has 0 saturated heterocycles. The van der Waals surface area contributed by atoms with Crippen molar-refractivity contribution in [3.63, 3.8) is 0 Å². The first kappa shape index (κ1) is 24.0. The van der Waals surface area contributed by atoms with Gasteiger partial charge in [-0.25, -0.2) is 0 Å². The Balaban J connectivity index is 0.00000576. The largest absolute Gasteiger partial charge is 1.00 e. The van der Waals surface area contributed by atoms with E-state index in [4.69, 9.17) is 31.6 Å². The van der Waals surface area contributed by atoms with Gasteiger partial charge in [0.15, 0.2) is 6.10 Å². The van der Waals surface area contributed by atoms with Crippen molar-refractivity contribution >= 4 is 36.5 Å². The summed E-state index contributed by atoms with van der Waals surface area (Å²) >= 11 is 5.33. The SMILES string of the molecule is CC(=O)OCC1C[C@@H]([S-])C(OC(C)=O)[C@@H](OC(C)=O)[C@@H]1OC(C)=O.[Au+]. The predicted molar refractivity (Wildman–Crippen MR) is 82.6 cm³/mol. The Morgan fingerprint density at radius 1 is 0.800 bits per heavy atom. The molecule has 1 aliphatic rings. The van der Waals surface area contributed by atoms with E-state index in [1.165, 1.54) is 27.7 Å². The van der Waals surface area contributed by atoms with Gasteiger partial charge >= 0.3 is 46.3 Å². The van der Waals surface area contributed by atoms with Crippen molar-refractivity contribution in [2.24, 2.45) is 5.92 Å². The van der Waals surface area contributed by atoms with Gasteiger partial charge in [-0.15, -0.1) is 5.25 Å². The first-order chi connectivity index (χ1) is 11.1. The maximum atomic E-state index is 11.4. The predicted octanol–water partition coefficient (Wildman–Crippen LogP) is 0.278. The Labute approximate surface area is 167 Å². The van der Waals surface area contributed by atoms with Crippen molar-refractivity contribution in [2.45, 2.75) is 57.7 Å². The third kappa shape index (κ3) is 7.81. The molecular weight excluding hydrogens is 537 g/mol. The maximum Gasteiger partial charge on any atom is 1.00 e. The van der Waals surface area contributed by atoms with Crippen LogP contribution in [0, 0.1) is 5.92 Å². The molecule has 0 spiro atoms. The van der Waals surface area contributed by atoms with Crippen LogP contribution in [-0.4, -0.2) is 54.0 Å². The summed E-state index contributed by atoms with van der Waals surface area (Å²) in [6.07, 6.45) is -2.64. The molecule has 0 aliphatic heterocycles. The third-order valence-corrected chi connectivity index (χ3v) is 3.88. The van der Waals surface area contributed by atoms with Crippen LogP contribution in [0.4, 0.5) is 0 Å². The Hall–Kier alpha value is -1.03. The molecule has 1 aliphatic carbocycles. The van der Waals surface area contributed by atoms with Crippen LogP contribution < -0.4 is 0 Å². The summed E-state index contributed by atoms with van der Waals surface area (Å²) in [7, 11) is 0. The molecule has 0 bridgehead atoms. The number of carbonyl (C=O) groups is 4. The minimum absolute atomic E-state index is 0. The molecular formula is C15H21AuO8S. The van der Waals surface area contributed by atoms with Crippen molar-refractivity contribution in [1.82, 2.24) is 0 Å². The van der Waals surface area contributed by atoms with Gasteiger partial charge in [-0.05, 0) is 0 Å². The number of carbonyl (C=O) groups excluding carboxylic acids is 4. The minimum atomic E-state index is -1.06. The molecule has 25 heavy (non-hydrogen) atoms. The molecule has 1 saturated carbocycles. The number of rotatable bonds is 5. The van der Waals surface area contributed by atoms with Crippen molar-refractivity contribution in [1.29, 1.82) is 0 Å². The van der Waals surface area contributed by atoms with E-state index < -0.39 is 53.4 Å². The summed E-state index contributed by atoms with van der Waals surface area (Å²) in [6, 6.07) is 0. The van der Waals surface area contributed by atoms with E-state index in [1.807, 2.05) is 0 Å². The van der Waals surface area contributed by atoms with Gasteiger partial charge in [-0.1, -0.05) is 6.42 Å². The molecule has 146 valence electrons. The standard InChI is InChI=1S/C15H22O8S.Au/c1-7(16)20-6-11-5-12(24)14(22-9(3)18)15(23-10(4)19)13(11)21-8(2)17;/h11-15,24H,5-6H2,1-4H3;/q;+1/p-1/t11?,12-,13-,14?,15+;/m1./s1. The second kappa shape index (κ2) is 10.8. The van der Waals surface area contributed by atoms with Crippen LogP contribution in [-0.2, 0) is 73.1 Å². The third-order valence-electron chi connectivity index (χ3n) is 3.42. The van der Waals surface area contributed by atoms with Gasteiger partial charge in [0.05, 0.1) is 6.61 Å². The van der Waals surface area contributed by atoms with Crippen LogP contribution >= 0.6 is 0 Å². The summed E-state index contributed by atoms with van der Waals surface area (Å²) < 4.78 is 20.7. The zero-order chi connectivity index (χ0) is 18.4. The molecule has 1 rings (SSSR count). The molecule has 1 fully saturated rings. The van der Waals surface area contributed by atoms with Gasteiger partial charge in [0.2, 0.25) is 0 Å². The first-order valence-corrected chi connectivity index (χ1v) is 7.89. The second-order valence-electron chi connectivity index (χ2n) is 5.56. The van der Waals surface area contributed by atoms with E-state index in [2.05, 4.69) is 0 Å². The normalized spacial score (nSPS) is 28.1. The fraction of sp³-hybridized carbons (Fsp3) is 0.733. The zero-order valence-electron chi connectivity index (χ0n) is 14.3. The molecule has 8 nitrogen and oxygen atoms in total. The quantitative estimate of drug-likeness (QED) is 0.204.